The van der Waals surface area contributed by atoms with Crippen LogP contribution < -0.4 is 10.1 Å². The van der Waals surface area contributed by atoms with Gasteiger partial charge in [0.1, 0.15) is 17.2 Å². The molecule has 1 aliphatic heterocycles. The Morgan fingerprint density at radius 1 is 1.25 bits per heavy atom. The molecule has 1 saturated heterocycles. The van der Waals surface area contributed by atoms with Crippen LogP contribution in [0.3, 0.4) is 0 Å². The van der Waals surface area contributed by atoms with E-state index in [1.54, 1.807) is 6.07 Å². The number of ether oxygens (including phenoxy) is 1. The van der Waals surface area contributed by atoms with Crippen LogP contribution in [0.15, 0.2) is 36.5 Å². The van der Waals surface area contributed by atoms with Crippen molar-refractivity contribution < 1.29 is 18.3 Å². The van der Waals surface area contributed by atoms with E-state index >= 15 is 0 Å². The van der Waals surface area contributed by atoms with Crippen molar-refractivity contribution in [3.05, 3.63) is 53.9 Å². The van der Waals surface area contributed by atoms with Crippen LogP contribution in [0.2, 0.25) is 0 Å². The number of hydrogen-bond acceptors (Lipinski definition) is 4. The van der Waals surface area contributed by atoms with E-state index in [9.17, 15) is 13.6 Å². The maximum Gasteiger partial charge on any atom is 0.270 e. The van der Waals surface area contributed by atoms with Crippen LogP contribution >= 0.6 is 0 Å². The number of amides is 1. The van der Waals surface area contributed by atoms with Crippen molar-refractivity contribution >= 4 is 5.91 Å². The van der Waals surface area contributed by atoms with Gasteiger partial charge in [-0.05, 0) is 57.4 Å². The van der Waals surface area contributed by atoms with Gasteiger partial charge in [-0.2, -0.15) is 0 Å². The van der Waals surface area contributed by atoms with Crippen LogP contribution in [-0.4, -0.2) is 41.5 Å². The van der Waals surface area contributed by atoms with Gasteiger partial charge in [-0.1, -0.05) is 0 Å². The summed E-state index contributed by atoms with van der Waals surface area (Å²) in [6.07, 6.45) is 3.68. The minimum absolute atomic E-state index is 0.146. The Hall–Kier alpha value is -2.54. The van der Waals surface area contributed by atoms with Crippen molar-refractivity contribution in [3.63, 3.8) is 0 Å². The van der Waals surface area contributed by atoms with Crippen molar-refractivity contribution in [1.29, 1.82) is 0 Å². The molecular formula is C21H25F2N3O2. The quantitative estimate of drug-likeness (QED) is 0.811. The average molecular weight is 389 g/mol. The van der Waals surface area contributed by atoms with Crippen molar-refractivity contribution in [1.82, 2.24) is 15.2 Å². The summed E-state index contributed by atoms with van der Waals surface area (Å²) in [5, 5.41) is 2.94. The third-order valence-electron chi connectivity index (χ3n) is 4.92. The van der Waals surface area contributed by atoms with Gasteiger partial charge in [0.05, 0.1) is 0 Å². The van der Waals surface area contributed by atoms with Crippen molar-refractivity contribution in [3.8, 4) is 11.5 Å². The topological polar surface area (TPSA) is 54.5 Å². The summed E-state index contributed by atoms with van der Waals surface area (Å²) >= 11 is 0. The Bertz CT molecular complexity index is 829. The summed E-state index contributed by atoms with van der Waals surface area (Å²) < 4.78 is 31.8. The Kier molecular flexibility index (Phi) is 6.57. The Morgan fingerprint density at radius 3 is 2.79 bits per heavy atom. The largest absolute Gasteiger partial charge is 0.457 e. The number of nitrogens with one attached hydrogen (secondary N) is 1. The Labute approximate surface area is 163 Å². The molecule has 1 aliphatic rings. The van der Waals surface area contributed by atoms with E-state index in [-0.39, 0.29) is 17.4 Å². The molecule has 7 heteroatoms. The SMILES string of the molecule is CC(C)N1CCCC(CNC(=O)c2cc(Oc3ccc(F)c(F)c3)ccn2)C1. The first-order valence-corrected chi connectivity index (χ1v) is 9.53. The van der Waals surface area contributed by atoms with Gasteiger partial charge in [0.25, 0.3) is 5.91 Å². The summed E-state index contributed by atoms with van der Waals surface area (Å²) in [5.41, 5.74) is 0.219. The van der Waals surface area contributed by atoms with E-state index < -0.39 is 11.6 Å². The number of likely N-dealkylation sites (tertiary alicyclic amines) is 1. The number of aromatic nitrogens is 1. The molecule has 0 saturated carbocycles. The highest BCUT2D eigenvalue weighted by molar-refractivity contribution is 5.92. The second kappa shape index (κ2) is 9.10. The monoisotopic (exact) mass is 389 g/mol. The third-order valence-corrected chi connectivity index (χ3v) is 4.92. The van der Waals surface area contributed by atoms with Crippen LogP contribution in [0.5, 0.6) is 11.5 Å². The summed E-state index contributed by atoms with van der Waals surface area (Å²) in [5.74, 6) is -1.32. The number of rotatable bonds is 6. The standard InChI is InChI=1S/C21H25F2N3O2/c1-14(2)26-9-3-4-15(13-26)12-25-21(27)20-11-17(7-8-24-20)28-16-5-6-18(22)19(23)10-16/h5-8,10-11,14-15H,3-4,9,12-13H2,1-2H3,(H,25,27). The minimum Gasteiger partial charge on any atom is -0.457 e. The highest BCUT2D eigenvalue weighted by Crippen LogP contribution is 2.23. The maximum absolute atomic E-state index is 13.3. The lowest BCUT2D eigenvalue weighted by molar-refractivity contribution is 0.0917. The van der Waals surface area contributed by atoms with Gasteiger partial charge in [0.2, 0.25) is 0 Å². The number of halogens is 2. The molecule has 1 aromatic heterocycles. The zero-order valence-corrected chi connectivity index (χ0v) is 16.1. The van der Waals surface area contributed by atoms with Gasteiger partial charge in [-0.25, -0.2) is 8.78 Å². The third kappa shape index (κ3) is 5.25. The lowest BCUT2D eigenvalue weighted by Gasteiger charge is -2.35. The number of carbonyl (C=O) groups excluding carboxylic acids is 1. The van der Waals surface area contributed by atoms with E-state index in [4.69, 9.17) is 4.74 Å². The lowest BCUT2D eigenvalue weighted by atomic mass is 9.97. The molecule has 1 atom stereocenters. The first-order chi connectivity index (χ1) is 13.4. The predicted molar refractivity (Wildman–Crippen MR) is 102 cm³/mol. The van der Waals surface area contributed by atoms with E-state index in [0.717, 1.165) is 38.1 Å². The molecule has 5 nitrogen and oxygen atoms in total. The molecule has 2 heterocycles. The smallest absolute Gasteiger partial charge is 0.270 e. The summed E-state index contributed by atoms with van der Waals surface area (Å²) in [7, 11) is 0. The van der Waals surface area contributed by atoms with E-state index in [2.05, 4.69) is 29.0 Å². The second-order valence-electron chi connectivity index (χ2n) is 7.36. The first kappa shape index (κ1) is 20.2. The molecule has 1 unspecified atom stereocenters. The van der Waals surface area contributed by atoms with Crippen LogP contribution in [0, 0.1) is 17.6 Å². The van der Waals surface area contributed by atoms with Gasteiger partial charge in [-0.15, -0.1) is 0 Å². The van der Waals surface area contributed by atoms with Crippen LogP contribution in [0.4, 0.5) is 8.78 Å². The number of carbonyl (C=O) groups is 1. The lowest BCUT2D eigenvalue weighted by Crippen LogP contribution is -2.43. The molecular weight excluding hydrogens is 364 g/mol. The fourth-order valence-corrected chi connectivity index (χ4v) is 3.34. The zero-order valence-electron chi connectivity index (χ0n) is 16.1. The number of hydrogen-bond donors (Lipinski definition) is 1. The minimum atomic E-state index is -0.993. The summed E-state index contributed by atoms with van der Waals surface area (Å²) in [4.78, 5) is 19.0. The number of piperidine rings is 1. The number of benzene rings is 1. The molecule has 0 radical (unpaired) electrons. The van der Waals surface area contributed by atoms with E-state index in [0.29, 0.717) is 24.3 Å². The normalized spacial score (nSPS) is 17.5. The fourth-order valence-electron chi connectivity index (χ4n) is 3.34. The second-order valence-corrected chi connectivity index (χ2v) is 7.36. The van der Waals surface area contributed by atoms with E-state index in [1.165, 1.54) is 18.3 Å². The van der Waals surface area contributed by atoms with Crippen LogP contribution in [0.25, 0.3) is 0 Å². The van der Waals surface area contributed by atoms with Crippen LogP contribution in [0.1, 0.15) is 37.2 Å². The molecule has 0 spiro atoms. The first-order valence-electron chi connectivity index (χ1n) is 9.53. The van der Waals surface area contributed by atoms with Gasteiger partial charge >= 0.3 is 0 Å². The van der Waals surface area contributed by atoms with Crippen molar-refractivity contribution in [2.75, 3.05) is 19.6 Å². The summed E-state index contributed by atoms with van der Waals surface area (Å²) in [6.45, 7) is 7.04. The molecule has 1 fully saturated rings. The van der Waals surface area contributed by atoms with Gasteiger partial charge < -0.3 is 15.0 Å². The molecule has 1 N–H and O–H groups in total. The van der Waals surface area contributed by atoms with Gasteiger partial charge in [-0.3, -0.25) is 9.78 Å². The number of pyridine rings is 1. The molecule has 28 heavy (non-hydrogen) atoms. The van der Waals surface area contributed by atoms with Crippen LogP contribution in [-0.2, 0) is 0 Å². The van der Waals surface area contributed by atoms with E-state index in [1.807, 2.05) is 0 Å². The maximum atomic E-state index is 13.3. The molecule has 0 bridgehead atoms. The molecule has 3 rings (SSSR count). The predicted octanol–water partition coefficient (Wildman–Crippen LogP) is 4.00. The Morgan fingerprint density at radius 2 is 2.04 bits per heavy atom. The van der Waals surface area contributed by atoms with Gasteiger partial charge in [0.15, 0.2) is 11.6 Å². The van der Waals surface area contributed by atoms with Crippen molar-refractivity contribution in [2.45, 2.75) is 32.7 Å². The highest BCUT2D eigenvalue weighted by atomic mass is 19.2. The molecule has 2 aromatic rings. The summed E-state index contributed by atoms with van der Waals surface area (Å²) in [6, 6.07) is 6.81. The zero-order chi connectivity index (χ0) is 20.1. The highest BCUT2D eigenvalue weighted by Gasteiger charge is 2.22. The van der Waals surface area contributed by atoms with Crippen molar-refractivity contribution in [2.24, 2.45) is 5.92 Å². The molecule has 0 aliphatic carbocycles. The average Bonchev–Trinajstić information content (AvgIpc) is 2.69. The Balaban J connectivity index is 1.58. The fraction of sp³-hybridized carbons (Fsp3) is 0.429. The molecule has 1 aromatic carbocycles. The molecule has 150 valence electrons. The number of nitrogens with zero attached hydrogens (tertiary/aromatic N) is 2. The molecule has 1 amide bonds. The van der Waals surface area contributed by atoms with Gasteiger partial charge in [0, 0.05) is 37.5 Å².